The minimum atomic E-state index is -0.782. The van der Waals surface area contributed by atoms with Crippen molar-refractivity contribution in [2.75, 3.05) is 0 Å². The number of aryl methyl sites for hydroxylation is 1. The van der Waals surface area contributed by atoms with Gasteiger partial charge in [-0.05, 0) is 29.8 Å². The van der Waals surface area contributed by atoms with Gasteiger partial charge >= 0.3 is 0 Å². The summed E-state index contributed by atoms with van der Waals surface area (Å²) in [4.78, 5) is 23.6. The third-order valence-corrected chi connectivity index (χ3v) is 3.35. The Hall–Kier alpha value is -3.09. The van der Waals surface area contributed by atoms with E-state index < -0.39 is 11.6 Å². The maximum atomic E-state index is 11.9. The number of carbonyl (C=O) groups excluding carboxylic acids is 2. The zero-order chi connectivity index (χ0) is 16.2. The summed E-state index contributed by atoms with van der Waals surface area (Å²) >= 11 is 0. The smallest absolute Gasteiger partial charge is 0.269 e. The summed E-state index contributed by atoms with van der Waals surface area (Å²) in [5, 5.41) is 12.4. The second-order valence-corrected chi connectivity index (χ2v) is 5.19. The number of Topliss-reactive ketones (excluding diaryl/α,β-unsaturated/α-hetero) is 2. The van der Waals surface area contributed by atoms with Crippen LogP contribution in [0.25, 0.3) is 0 Å². The molecule has 7 heteroatoms. The van der Waals surface area contributed by atoms with Crippen molar-refractivity contribution in [2.24, 2.45) is 0 Å². The summed E-state index contributed by atoms with van der Waals surface area (Å²) in [7, 11) is 0. The molecule has 0 aliphatic rings. The molecule has 2 heterocycles. The van der Waals surface area contributed by atoms with E-state index in [1.807, 2.05) is 31.2 Å². The molecule has 0 aliphatic carbocycles. The molecule has 3 rings (SSSR count). The van der Waals surface area contributed by atoms with Crippen molar-refractivity contribution in [3.63, 3.8) is 0 Å². The quantitative estimate of drug-likeness (QED) is 0.549. The third-order valence-electron chi connectivity index (χ3n) is 3.35. The van der Waals surface area contributed by atoms with Crippen molar-refractivity contribution in [3.8, 4) is 0 Å². The average molecular weight is 310 g/mol. The van der Waals surface area contributed by atoms with Crippen LogP contribution in [0.5, 0.6) is 0 Å². The summed E-state index contributed by atoms with van der Waals surface area (Å²) in [6, 6.07) is 11.6. The van der Waals surface area contributed by atoms with Crippen LogP contribution in [0, 0.1) is 6.92 Å². The van der Waals surface area contributed by atoms with E-state index in [-0.39, 0.29) is 12.2 Å². The molecule has 0 fully saturated rings. The van der Waals surface area contributed by atoms with Gasteiger partial charge in [0.1, 0.15) is 11.5 Å². The van der Waals surface area contributed by atoms with Gasteiger partial charge in [0.15, 0.2) is 0 Å². The lowest BCUT2D eigenvalue weighted by molar-refractivity contribution is -0.114. The van der Waals surface area contributed by atoms with Crippen molar-refractivity contribution in [3.05, 3.63) is 64.9 Å². The van der Waals surface area contributed by atoms with Crippen LogP contribution in [0.1, 0.15) is 33.3 Å². The van der Waals surface area contributed by atoms with Gasteiger partial charge in [-0.2, -0.15) is 5.21 Å². The lowest BCUT2D eigenvalue weighted by atomic mass is 10.1. The molecule has 116 valence electrons. The molecule has 0 radical (unpaired) electrons. The molecule has 0 bridgehead atoms. The molecule has 1 aromatic carbocycles. The van der Waals surface area contributed by atoms with Gasteiger partial charge < -0.3 is 4.42 Å². The molecule has 0 amide bonds. The number of hydrogen-bond donors (Lipinski definition) is 1. The lowest BCUT2D eigenvalue weighted by Gasteiger charge is -1.99. The van der Waals surface area contributed by atoms with E-state index in [1.54, 1.807) is 12.1 Å². The van der Waals surface area contributed by atoms with E-state index in [4.69, 9.17) is 4.42 Å². The highest BCUT2D eigenvalue weighted by molar-refractivity contribution is 6.42. The van der Waals surface area contributed by atoms with Gasteiger partial charge in [-0.3, -0.25) is 9.59 Å². The number of aromatic amines is 1. The fraction of sp³-hybridized carbons (Fsp3) is 0.188. The molecule has 23 heavy (non-hydrogen) atoms. The van der Waals surface area contributed by atoms with E-state index >= 15 is 0 Å². The molecule has 7 nitrogen and oxygen atoms in total. The fourth-order valence-corrected chi connectivity index (χ4v) is 2.14. The van der Waals surface area contributed by atoms with Gasteiger partial charge in [-0.25, -0.2) is 0 Å². The summed E-state index contributed by atoms with van der Waals surface area (Å²) in [5.41, 5.74) is 2.31. The van der Waals surface area contributed by atoms with Crippen LogP contribution < -0.4 is 0 Å². The van der Waals surface area contributed by atoms with E-state index in [0.717, 1.165) is 11.3 Å². The SMILES string of the molecule is Cc1ccc(Cc2ccc(CC(=O)C(=O)c3nn[nH]n3)o2)cc1. The maximum absolute atomic E-state index is 11.9. The molecule has 2 aromatic heterocycles. The number of furan rings is 1. The Morgan fingerprint density at radius 3 is 2.52 bits per heavy atom. The molecule has 0 spiro atoms. The summed E-state index contributed by atoms with van der Waals surface area (Å²) in [5.74, 6) is -0.475. The number of ketones is 2. The highest BCUT2D eigenvalue weighted by Crippen LogP contribution is 2.15. The number of hydrogen-bond acceptors (Lipinski definition) is 6. The maximum Gasteiger partial charge on any atom is 0.269 e. The van der Waals surface area contributed by atoms with Gasteiger partial charge in [0.25, 0.3) is 5.78 Å². The van der Waals surface area contributed by atoms with Crippen molar-refractivity contribution in [1.29, 1.82) is 0 Å². The van der Waals surface area contributed by atoms with Crippen LogP contribution in [0.15, 0.2) is 40.8 Å². The first kappa shape index (κ1) is 14.8. The molecule has 0 unspecified atom stereocenters. The number of nitrogens with zero attached hydrogens (tertiary/aromatic N) is 3. The van der Waals surface area contributed by atoms with Gasteiger partial charge in [0.05, 0.1) is 6.42 Å². The second kappa shape index (κ2) is 6.35. The van der Waals surface area contributed by atoms with Crippen LogP contribution in [0.2, 0.25) is 0 Å². The fourth-order valence-electron chi connectivity index (χ4n) is 2.14. The number of aromatic nitrogens is 4. The normalized spacial score (nSPS) is 10.7. The van der Waals surface area contributed by atoms with E-state index in [0.29, 0.717) is 12.2 Å². The van der Waals surface area contributed by atoms with Crippen LogP contribution in [-0.2, 0) is 17.6 Å². The number of carbonyl (C=O) groups is 2. The highest BCUT2D eigenvalue weighted by Gasteiger charge is 2.22. The molecule has 3 aromatic rings. The van der Waals surface area contributed by atoms with Crippen LogP contribution in [0.4, 0.5) is 0 Å². The van der Waals surface area contributed by atoms with Gasteiger partial charge in [0.2, 0.25) is 11.6 Å². The lowest BCUT2D eigenvalue weighted by Crippen LogP contribution is -2.18. The van der Waals surface area contributed by atoms with Crippen molar-refractivity contribution in [1.82, 2.24) is 20.6 Å². The predicted octanol–water partition coefficient (Wildman–Crippen LogP) is 1.69. The first-order valence-corrected chi connectivity index (χ1v) is 7.06. The Labute approximate surface area is 131 Å². The number of nitrogens with one attached hydrogen (secondary N) is 1. The van der Waals surface area contributed by atoms with Gasteiger partial charge in [-0.15, -0.1) is 10.2 Å². The van der Waals surface area contributed by atoms with Crippen molar-refractivity contribution >= 4 is 11.6 Å². The third kappa shape index (κ3) is 3.57. The largest absolute Gasteiger partial charge is 0.465 e. The summed E-state index contributed by atoms with van der Waals surface area (Å²) < 4.78 is 5.62. The zero-order valence-electron chi connectivity index (χ0n) is 12.4. The average Bonchev–Trinajstić information content (AvgIpc) is 3.21. The van der Waals surface area contributed by atoms with Gasteiger partial charge in [0, 0.05) is 6.42 Å². The molecular weight excluding hydrogens is 296 g/mol. The Kier molecular flexibility index (Phi) is 4.09. The summed E-state index contributed by atoms with van der Waals surface area (Å²) in [6.07, 6.45) is 0.508. The Morgan fingerprint density at radius 1 is 1.09 bits per heavy atom. The van der Waals surface area contributed by atoms with E-state index in [2.05, 4.69) is 20.6 Å². The molecular formula is C16H14N4O3. The first-order chi connectivity index (χ1) is 11.1. The standard InChI is InChI=1S/C16H14N4O3/c1-10-2-4-11(5-3-10)8-12-6-7-13(23-12)9-14(21)15(22)16-17-19-20-18-16/h2-7H,8-9H2,1H3,(H,17,18,19,20). The zero-order valence-corrected chi connectivity index (χ0v) is 12.4. The Balaban J connectivity index is 1.64. The first-order valence-electron chi connectivity index (χ1n) is 7.06. The molecule has 1 N–H and O–H groups in total. The van der Waals surface area contributed by atoms with Gasteiger partial charge in [-0.1, -0.05) is 29.8 Å². The number of H-pyrrole nitrogens is 1. The number of rotatable bonds is 6. The van der Waals surface area contributed by atoms with Crippen LogP contribution in [-0.4, -0.2) is 32.2 Å². The monoisotopic (exact) mass is 310 g/mol. The second-order valence-electron chi connectivity index (χ2n) is 5.19. The molecule has 0 aliphatic heterocycles. The van der Waals surface area contributed by atoms with E-state index in [9.17, 15) is 9.59 Å². The van der Waals surface area contributed by atoms with Crippen molar-refractivity contribution < 1.29 is 14.0 Å². The highest BCUT2D eigenvalue weighted by atomic mass is 16.3. The van der Waals surface area contributed by atoms with Crippen molar-refractivity contribution in [2.45, 2.75) is 19.8 Å². The Morgan fingerprint density at radius 2 is 1.83 bits per heavy atom. The molecule has 0 atom stereocenters. The predicted molar refractivity (Wildman–Crippen MR) is 79.9 cm³/mol. The van der Waals surface area contributed by atoms with Crippen LogP contribution >= 0.6 is 0 Å². The molecule has 0 saturated heterocycles. The topological polar surface area (TPSA) is 102 Å². The number of tetrazole rings is 1. The number of benzene rings is 1. The van der Waals surface area contributed by atoms with Crippen LogP contribution in [0.3, 0.4) is 0 Å². The minimum absolute atomic E-state index is 0.124. The Bertz CT molecular complexity index is 819. The van der Waals surface area contributed by atoms with E-state index in [1.165, 1.54) is 5.56 Å². The minimum Gasteiger partial charge on any atom is -0.465 e. The molecule has 0 saturated carbocycles. The summed E-state index contributed by atoms with van der Waals surface area (Å²) in [6.45, 7) is 2.03.